The van der Waals surface area contributed by atoms with E-state index in [1.165, 1.54) is 45.2 Å². The number of halogens is 1. The number of para-hydroxylation sites is 2. The Balaban J connectivity index is 2.11. The van der Waals surface area contributed by atoms with Gasteiger partial charge in [-0.05, 0) is 50.2 Å². The molecule has 0 radical (unpaired) electrons. The number of anilines is 2. The summed E-state index contributed by atoms with van der Waals surface area (Å²) >= 11 is 0. The molecule has 5 nitrogen and oxygen atoms in total. The average molecular weight is 330 g/mol. The van der Waals surface area contributed by atoms with Crippen molar-refractivity contribution in [1.82, 2.24) is 0 Å². The molecule has 2 rings (SSSR count). The smallest absolute Gasteiger partial charge is 0.239 e. The van der Waals surface area contributed by atoms with Crippen LogP contribution in [0.15, 0.2) is 48.5 Å². The van der Waals surface area contributed by atoms with E-state index in [4.69, 9.17) is 4.74 Å². The molecule has 0 unspecified atom stereocenters. The molecule has 0 heterocycles. The van der Waals surface area contributed by atoms with Crippen LogP contribution in [0.5, 0.6) is 5.75 Å². The second kappa shape index (κ2) is 7.12. The van der Waals surface area contributed by atoms with Crippen LogP contribution in [0.25, 0.3) is 0 Å². The quantitative estimate of drug-likeness (QED) is 0.825. The van der Waals surface area contributed by atoms with Crippen LogP contribution < -0.4 is 15.4 Å². The third-order valence-corrected chi connectivity index (χ3v) is 3.59. The molecule has 2 aromatic rings. The van der Waals surface area contributed by atoms with Gasteiger partial charge in [-0.3, -0.25) is 9.59 Å². The van der Waals surface area contributed by atoms with Crippen LogP contribution in [0, 0.1) is 11.2 Å². The van der Waals surface area contributed by atoms with Crippen LogP contribution in [-0.2, 0) is 9.59 Å². The van der Waals surface area contributed by atoms with Gasteiger partial charge in [-0.25, -0.2) is 4.39 Å². The first-order chi connectivity index (χ1) is 11.3. The minimum atomic E-state index is -1.34. The number of methoxy groups -OCH3 is 1. The summed E-state index contributed by atoms with van der Waals surface area (Å²) in [5, 5.41) is 5.30. The predicted octanol–water partition coefficient (Wildman–Crippen LogP) is 3.44. The lowest BCUT2D eigenvalue weighted by Crippen LogP contribution is -2.41. The molecule has 0 atom stereocenters. The van der Waals surface area contributed by atoms with Gasteiger partial charge in [0.25, 0.3) is 0 Å². The summed E-state index contributed by atoms with van der Waals surface area (Å²) in [5.41, 5.74) is -0.442. The molecule has 6 heteroatoms. The maximum atomic E-state index is 12.9. The Hall–Kier alpha value is -2.89. The van der Waals surface area contributed by atoms with Crippen molar-refractivity contribution in [3.8, 4) is 5.75 Å². The molecule has 0 aliphatic heterocycles. The van der Waals surface area contributed by atoms with Gasteiger partial charge in [-0.15, -0.1) is 0 Å². The second-order valence-corrected chi connectivity index (χ2v) is 5.74. The fourth-order valence-electron chi connectivity index (χ4n) is 1.95. The van der Waals surface area contributed by atoms with Gasteiger partial charge in [0.05, 0.1) is 12.8 Å². The first-order valence-corrected chi connectivity index (χ1v) is 7.36. The first-order valence-electron chi connectivity index (χ1n) is 7.36. The van der Waals surface area contributed by atoms with Crippen LogP contribution in [0.4, 0.5) is 15.8 Å². The standard InChI is InChI=1S/C18H19FN2O3/c1-18(2,16(22)20-13-10-8-12(19)9-11-13)17(23)21-14-6-4-5-7-15(14)24-3/h4-11H,1-3H3,(H,20,22)(H,21,23). The van der Waals surface area contributed by atoms with Gasteiger partial charge in [0, 0.05) is 5.69 Å². The molecule has 2 amide bonds. The van der Waals surface area contributed by atoms with E-state index in [0.29, 0.717) is 17.1 Å². The maximum absolute atomic E-state index is 12.9. The van der Waals surface area contributed by atoms with Crippen molar-refractivity contribution >= 4 is 23.2 Å². The van der Waals surface area contributed by atoms with E-state index in [1.807, 2.05) is 0 Å². The molecule has 24 heavy (non-hydrogen) atoms. The summed E-state index contributed by atoms with van der Waals surface area (Å²) in [7, 11) is 1.50. The van der Waals surface area contributed by atoms with E-state index in [2.05, 4.69) is 10.6 Å². The fourth-order valence-corrected chi connectivity index (χ4v) is 1.95. The van der Waals surface area contributed by atoms with Crippen LogP contribution in [0.1, 0.15) is 13.8 Å². The Morgan fingerprint density at radius 3 is 2.17 bits per heavy atom. The molecular weight excluding hydrogens is 311 g/mol. The molecule has 0 spiro atoms. The van der Waals surface area contributed by atoms with E-state index < -0.39 is 23.0 Å². The Kier molecular flexibility index (Phi) is 5.18. The highest BCUT2D eigenvalue weighted by atomic mass is 19.1. The largest absolute Gasteiger partial charge is 0.495 e. The van der Waals surface area contributed by atoms with Crippen LogP contribution >= 0.6 is 0 Å². The number of hydrogen-bond donors (Lipinski definition) is 2. The summed E-state index contributed by atoms with van der Waals surface area (Å²) in [5.74, 6) is -0.880. The zero-order valence-electron chi connectivity index (χ0n) is 13.7. The lowest BCUT2D eigenvalue weighted by Gasteiger charge is -2.23. The lowest BCUT2D eigenvalue weighted by atomic mass is 9.90. The number of carbonyl (C=O) groups excluding carboxylic acids is 2. The Labute approximate surface area is 139 Å². The molecule has 2 N–H and O–H groups in total. The van der Waals surface area contributed by atoms with E-state index in [1.54, 1.807) is 24.3 Å². The third kappa shape index (κ3) is 3.90. The molecular formula is C18H19FN2O3. The number of hydrogen-bond acceptors (Lipinski definition) is 3. The van der Waals surface area contributed by atoms with E-state index in [-0.39, 0.29) is 0 Å². The first kappa shape index (κ1) is 17.5. The van der Waals surface area contributed by atoms with E-state index in [9.17, 15) is 14.0 Å². The summed E-state index contributed by atoms with van der Waals surface area (Å²) in [6.07, 6.45) is 0. The van der Waals surface area contributed by atoms with Crippen molar-refractivity contribution in [2.45, 2.75) is 13.8 Å². The molecule has 0 aromatic heterocycles. The summed E-state index contributed by atoms with van der Waals surface area (Å²) < 4.78 is 18.1. The van der Waals surface area contributed by atoms with E-state index in [0.717, 1.165) is 0 Å². The highest BCUT2D eigenvalue weighted by Crippen LogP contribution is 2.27. The number of rotatable bonds is 5. The van der Waals surface area contributed by atoms with Crippen LogP contribution in [0.3, 0.4) is 0 Å². The lowest BCUT2D eigenvalue weighted by molar-refractivity contribution is -0.135. The van der Waals surface area contributed by atoms with Crippen molar-refractivity contribution in [2.75, 3.05) is 17.7 Å². The van der Waals surface area contributed by atoms with Gasteiger partial charge in [0.15, 0.2) is 0 Å². The highest BCUT2D eigenvalue weighted by molar-refractivity contribution is 6.14. The SMILES string of the molecule is COc1ccccc1NC(=O)C(C)(C)C(=O)Nc1ccc(F)cc1. The van der Waals surface area contributed by atoms with Crippen molar-refractivity contribution in [3.05, 3.63) is 54.3 Å². The van der Waals surface area contributed by atoms with Gasteiger partial charge < -0.3 is 15.4 Å². The molecule has 0 saturated carbocycles. The molecule has 126 valence electrons. The van der Waals surface area contributed by atoms with Crippen molar-refractivity contribution in [3.63, 3.8) is 0 Å². The van der Waals surface area contributed by atoms with Crippen molar-refractivity contribution in [1.29, 1.82) is 0 Å². The summed E-state index contributed by atoms with van der Waals surface area (Å²) in [6.45, 7) is 3.02. The molecule has 0 saturated heterocycles. The minimum Gasteiger partial charge on any atom is -0.495 e. The fraction of sp³-hybridized carbons (Fsp3) is 0.222. The molecule has 0 bridgehead atoms. The predicted molar refractivity (Wildman–Crippen MR) is 90.4 cm³/mol. The molecule has 0 aliphatic rings. The second-order valence-electron chi connectivity index (χ2n) is 5.74. The van der Waals surface area contributed by atoms with Crippen molar-refractivity contribution < 1.29 is 18.7 Å². The van der Waals surface area contributed by atoms with Gasteiger partial charge >= 0.3 is 0 Å². The van der Waals surface area contributed by atoms with Crippen molar-refractivity contribution in [2.24, 2.45) is 5.41 Å². The van der Waals surface area contributed by atoms with Crippen LogP contribution in [-0.4, -0.2) is 18.9 Å². The Bertz CT molecular complexity index is 742. The number of amides is 2. The van der Waals surface area contributed by atoms with E-state index >= 15 is 0 Å². The maximum Gasteiger partial charge on any atom is 0.239 e. The minimum absolute atomic E-state index is 0.402. The number of carbonyl (C=O) groups is 2. The van der Waals surface area contributed by atoms with Gasteiger partial charge in [-0.2, -0.15) is 0 Å². The molecule has 0 aliphatic carbocycles. The Morgan fingerprint density at radius 2 is 1.54 bits per heavy atom. The van der Waals surface area contributed by atoms with Gasteiger partial charge in [0.1, 0.15) is 17.0 Å². The topological polar surface area (TPSA) is 67.4 Å². The van der Waals surface area contributed by atoms with Gasteiger partial charge in [0.2, 0.25) is 11.8 Å². The highest BCUT2D eigenvalue weighted by Gasteiger charge is 2.36. The normalized spacial score (nSPS) is 10.8. The number of benzene rings is 2. The monoisotopic (exact) mass is 330 g/mol. The Morgan fingerprint density at radius 1 is 0.958 bits per heavy atom. The molecule has 2 aromatic carbocycles. The zero-order chi connectivity index (χ0) is 17.7. The van der Waals surface area contributed by atoms with Gasteiger partial charge in [-0.1, -0.05) is 12.1 Å². The molecule has 0 fully saturated rings. The third-order valence-electron chi connectivity index (χ3n) is 3.59. The number of ether oxygens (including phenoxy) is 1. The summed E-state index contributed by atoms with van der Waals surface area (Å²) in [6, 6.07) is 12.3. The average Bonchev–Trinajstić information content (AvgIpc) is 2.57. The van der Waals surface area contributed by atoms with Crippen LogP contribution in [0.2, 0.25) is 0 Å². The zero-order valence-corrected chi connectivity index (χ0v) is 13.7. The number of nitrogens with one attached hydrogen (secondary N) is 2. The summed E-state index contributed by atoms with van der Waals surface area (Å²) in [4.78, 5) is 24.9.